The van der Waals surface area contributed by atoms with Crippen LogP contribution in [-0.4, -0.2) is 51.2 Å². The molecule has 0 unspecified atom stereocenters. The Hall–Kier alpha value is -0.120. The van der Waals surface area contributed by atoms with Crippen LogP contribution in [0.15, 0.2) is 0 Å². The first-order valence-electron chi connectivity index (χ1n) is 4.51. The minimum atomic E-state index is 1.14. The molecule has 1 saturated heterocycles. The van der Waals surface area contributed by atoms with Crippen molar-refractivity contribution in [1.29, 1.82) is 0 Å². The zero-order valence-corrected chi connectivity index (χ0v) is 7.40. The minimum absolute atomic E-state index is 1.14. The van der Waals surface area contributed by atoms with Crippen LogP contribution in [0.2, 0.25) is 0 Å². The summed E-state index contributed by atoms with van der Waals surface area (Å²) in [6.45, 7) is 7.18. The van der Waals surface area contributed by atoms with Gasteiger partial charge in [-0.1, -0.05) is 0 Å². The lowest BCUT2D eigenvalue weighted by molar-refractivity contribution is 0.238. The molecule has 1 rings (SSSR count). The zero-order valence-electron chi connectivity index (χ0n) is 7.40. The molecule has 1 aliphatic rings. The van der Waals surface area contributed by atoms with Crippen LogP contribution in [0, 0.1) is 0 Å². The Morgan fingerprint density at radius 1 is 1.36 bits per heavy atom. The van der Waals surface area contributed by atoms with E-state index < -0.39 is 0 Å². The Morgan fingerprint density at radius 2 is 2.09 bits per heavy atom. The van der Waals surface area contributed by atoms with Crippen molar-refractivity contribution in [3.63, 3.8) is 0 Å². The van der Waals surface area contributed by atoms with E-state index in [2.05, 4.69) is 15.5 Å². The molecule has 0 amide bonds. The lowest BCUT2D eigenvalue weighted by atomic mass is 10.3. The van der Waals surface area contributed by atoms with Crippen LogP contribution in [0.5, 0.6) is 0 Å². The summed E-state index contributed by atoms with van der Waals surface area (Å²) in [5.74, 6) is 0. The number of nitrogens with one attached hydrogen (secondary N) is 2. The third-order valence-electron chi connectivity index (χ3n) is 2.11. The summed E-state index contributed by atoms with van der Waals surface area (Å²) in [5, 5.41) is 6.51. The molecule has 0 atom stereocenters. The van der Waals surface area contributed by atoms with Crippen LogP contribution in [0.4, 0.5) is 0 Å². The second-order valence-corrected chi connectivity index (χ2v) is 3.05. The zero-order chi connectivity index (χ0) is 7.94. The highest BCUT2D eigenvalue weighted by atomic mass is 15.2. The van der Waals surface area contributed by atoms with Crippen LogP contribution in [0.1, 0.15) is 6.42 Å². The van der Waals surface area contributed by atoms with Crippen molar-refractivity contribution in [1.82, 2.24) is 15.5 Å². The topological polar surface area (TPSA) is 27.3 Å². The van der Waals surface area contributed by atoms with E-state index in [1.807, 2.05) is 7.05 Å². The van der Waals surface area contributed by atoms with E-state index in [-0.39, 0.29) is 0 Å². The van der Waals surface area contributed by atoms with Gasteiger partial charge in [-0.3, -0.25) is 0 Å². The van der Waals surface area contributed by atoms with E-state index in [0.29, 0.717) is 0 Å². The Morgan fingerprint density at radius 3 is 2.73 bits per heavy atom. The molecule has 1 aliphatic heterocycles. The Labute approximate surface area is 69.1 Å². The average Bonchev–Trinajstić information content (AvgIpc) is 2.07. The molecule has 0 spiro atoms. The standard InChI is InChI=1S/C8H19N3/c1-9-3-2-6-11-7-4-10-5-8-11/h9-10H,2-8H2,1H3. The molecule has 0 aromatic rings. The fourth-order valence-corrected chi connectivity index (χ4v) is 1.41. The van der Waals surface area contributed by atoms with E-state index in [4.69, 9.17) is 0 Å². The highest BCUT2D eigenvalue weighted by Crippen LogP contribution is 1.92. The third-order valence-corrected chi connectivity index (χ3v) is 2.11. The van der Waals surface area contributed by atoms with Gasteiger partial charge in [0.1, 0.15) is 0 Å². The number of hydrogen-bond donors (Lipinski definition) is 2. The Balaban J connectivity index is 1.96. The molecule has 2 N–H and O–H groups in total. The molecular weight excluding hydrogens is 138 g/mol. The van der Waals surface area contributed by atoms with E-state index in [0.717, 1.165) is 6.54 Å². The van der Waals surface area contributed by atoms with Gasteiger partial charge < -0.3 is 15.5 Å². The van der Waals surface area contributed by atoms with Gasteiger partial charge >= 0.3 is 0 Å². The molecule has 0 bridgehead atoms. The van der Waals surface area contributed by atoms with Crippen molar-refractivity contribution in [3.05, 3.63) is 0 Å². The van der Waals surface area contributed by atoms with Gasteiger partial charge in [-0.15, -0.1) is 0 Å². The van der Waals surface area contributed by atoms with Crippen LogP contribution in [0.25, 0.3) is 0 Å². The van der Waals surface area contributed by atoms with E-state index in [1.54, 1.807) is 0 Å². The lowest BCUT2D eigenvalue weighted by Gasteiger charge is -2.26. The van der Waals surface area contributed by atoms with E-state index >= 15 is 0 Å². The van der Waals surface area contributed by atoms with Crippen LogP contribution < -0.4 is 10.6 Å². The highest BCUT2D eigenvalue weighted by Gasteiger charge is 2.07. The van der Waals surface area contributed by atoms with Crippen molar-refractivity contribution in [2.75, 3.05) is 46.3 Å². The van der Waals surface area contributed by atoms with Gasteiger partial charge in [-0.2, -0.15) is 0 Å². The average molecular weight is 157 g/mol. The number of nitrogens with zero attached hydrogens (tertiary/aromatic N) is 1. The fraction of sp³-hybridized carbons (Fsp3) is 1.00. The molecule has 0 aromatic heterocycles. The molecule has 3 nitrogen and oxygen atoms in total. The first-order chi connectivity index (χ1) is 5.43. The SMILES string of the molecule is CNCCCN1CCNCC1. The maximum atomic E-state index is 3.35. The predicted molar refractivity (Wildman–Crippen MR) is 47.9 cm³/mol. The smallest absolute Gasteiger partial charge is 0.0107 e. The molecule has 1 fully saturated rings. The molecular formula is C8H19N3. The van der Waals surface area contributed by atoms with E-state index in [1.165, 1.54) is 39.1 Å². The molecule has 0 aromatic carbocycles. The van der Waals surface area contributed by atoms with Crippen LogP contribution in [0.3, 0.4) is 0 Å². The largest absolute Gasteiger partial charge is 0.320 e. The first kappa shape index (κ1) is 8.97. The van der Waals surface area contributed by atoms with Gasteiger partial charge in [-0.25, -0.2) is 0 Å². The molecule has 3 heteroatoms. The van der Waals surface area contributed by atoms with Crippen molar-refractivity contribution < 1.29 is 0 Å². The highest BCUT2D eigenvalue weighted by molar-refractivity contribution is 4.67. The van der Waals surface area contributed by atoms with E-state index in [9.17, 15) is 0 Å². The summed E-state index contributed by atoms with van der Waals surface area (Å²) < 4.78 is 0. The van der Waals surface area contributed by atoms with Crippen molar-refractivity contribution >= 4 is 0 Å². The Bertz CT molecular complexity index is 89.3. The van der Waals surface area contributed by atoms with Gasteiger partial charge in [-0.05, 0) is 26.6 Å². The normalized spacial score (nSPS) is 20.5. The number of piperazine rings is 1. The summed E-state index contributed by atoms with van der Waals surface area (Å²) in [5.41, 5.74) is 0. The van der Waals surface area contributed by atoms with Gasteiger partial charge in [0, 0.05) is 26.2 Å². The minimum Gasteiger partial charge on any atom is -0.320 e. The van der Waals surface area contributed by atoms with Crippen molar-refractivity contribution in [3.8, 4) is 0 Å². The van der Waals surface area contributed by atoms with Gasteiger partial charge in [0.25, 0.3) is 0 Å². The molecule has 0 saturated carbocycles. The first-order valence-corrected chi connectivity index (χ1v) is 4.51. The second-order valence-electron chi connectivity index (χ2n) is 3.05. The summed E-state index contributed by atoms with van der Waals surface area (Å²) >= 11 is 0. The Kier molecular flexibility index (Phi) is 4.50. The van der Waals surface area contributed by atoms with Crippen molar-refractivity contribution in [2.24, 2.45) is 0 Å². The monoisotopic (exact) mass is 157 g/mol. The number of rotatable bonds is 4. The predicted octanol–water partition coefficient (Wildman–Crippen LogP) is -0.499. The quantitative estimate of drug-likeness (QED) is 0.539. The van der Waals surface area contributed by atoms with Crippen molar-refractivity contribution in [2.45, 2.75) is 6.42 Å². The van der Waals surface area contributed by atoms with Crippen LogP contribution >= 0.6 is 0 Å². The number of hydrogen-bond acceptors (Lipinski definition) is 3. The summed E-state index contributed by atoms with van der Waals surface area (Å²) in [4.78, 5) is 2.52. The maximum Gasteiger partial charge on any atom is 0.0107 e. The lowest BCUT2D eigenvalue weighted by Crippen LogP contribution is -2.44. The fourth-order valence-electron chi connectivity index (χ4n) is 1.41. The molecule has 66 valence electrons. The molecule has 11 heavy (non-hydrogen) atoms. The van der Waals surface area contributed by atoms with Gasteiger partial charge in [0.15, 0.2) is 0 Å². The molecule has 0 aliphatic carbocycles. The molecule has 0 radical (unpaired) electrons. The second kappa shape index (κ2) is 5.52. The summed E-state index contributed by atoms with van der Waals surface area (Å²) in [6.07, 6.45) is 1.27. The summed E-state index contributed by atoms with van der Waals surface area (Å²) in [6, 6.07) is 0. The third kappa shape index (κ3) is 3.70. The van der Waals surface area contributed by atoms with Crippen LogP contribution in [-0.2, 0) is 0 Å². The maximum absolute atomic E-state index is 3.35. The molecule has 1 heterocycles. The van der Waals surface area contributed by atoms with Gasteiger partial charge in [0.2, 0.25) is 0 Å². The van der Waals surface area contributed by atoms with Gasteiger partial charge in [0.05, 0.1) is 0 Å². The summed E-state index contributed by atoms with van der Waals surface area (Å²) in [7, 11) is 2.01.